The van der Waals surface area contributed by atoms with Crippen LogP contribution in [-0.4, -0.2) is 21.2 Å². The lowest BCUT2D eigenvalue weighted by molar-refractivity contribution is 0.232. The van der Waals surface area contributed by atoms with Crippen molar-refractivity contribution in [2.45, 2.75) is 0 Å². The second-order valence-corrected chi connectivity index (χ2v) is 2.54. The van der Waals surface area contributed by atoms with Crippen LogP contribution in [0.2, 0.25) is 0 Å². The maximum absolute atomic E-state index is 5.02. The van der Waals surface area contributed by atoms with Gasteiger partial charge in [-0.2, -0.15) is 5.10 Å². The lowest BCUT2D eigenvalue weighted by atomic mass is 10.5. The summed E-state index contributed by atoms with van der Waals surface area (Å²) in [6.07, 6.45) is 8.47. The summed E-state index contributed by atoms with van der Waals surface area (Å²) in [7, 11) is 0. The Morgan fingerprint density at radius 3 is 3.36 bits per heavy atom. The third-order valence-corrected chi connectivity index (χ3v) is 1.59. The largest absolute Gasteiger partial charge is 0.262 e. The molecule has 0 atom stereocenters. The van der Waals surface area contributed by atoms with Gasteiger partial charge < -0.3 is 0 Å². The second kappa shape index (κ2) is 3.77. The minimum Gasteiger partial charge on any atom is -0.262 e. The highest BCUT2D eigenvalue weighted by Gasteiger charge is 1.96. The van der Waals surface area contributed by atoms with Crippen LogP contribution in [0.1, 0.15) is 0 Å². The Morgan fingerprint density at radius 1 is 1.57 bits per heavy atom. The van der Waals surface area contributed by atoms with Crippen LogP contribution in [0.5, 0.6) is 0 Å². The Bertz CT molecular complexity index is 471. The molecule has 2 rings (SSSR count). The van der Waals surface area contributed by atoms with Gasteiger partial charge in [0, 0.05) is 18.3 Å². The SMILES string of the molecule is C#CCONc1ccn2nccc2n1. The van der Waals surface area contributed by atoms with Gasteiger partial charge in [0.25, 0.3) is 0 Å². The number of fused-ring (bicyclic) bond motifs is 1. The molecule has 1 N–H and O–H groups in total. The highest BCUT2D eigenvalue weighted by molar-refractivity contribution is 5.44. The molecule has 0 aliphatic heterocycles. The van der Waals surface area contributed by atoms with Crippen LogP contribution < -0.4 is 5.48 Å². The van der Waals surface area contributed by atoms with Gasteiger partial charge in [0.05, 0.1) is 6.20 Å². The lowest BCUT2D eigenvalue weighted by Crippen LogP contribution is -2.03. The normalized spacial score (nSPS) is 9.93. The minimum absolute atomic E-state index is 0.201. The number of terminal acetylenes is 1. The topological polar surface area (TPSA) is 51.5 Å². The average Bonchev–Trinajstić information content (AvgIpc) is 2.65. The molecule has 5 heteroatoms. The number of nitrogens with zero attached hydrogens (tertiary/aromatic N) is 3. The molecule has 0 spiro atoms. The Labute approximate surface area is 80.7 Å². The molecule has 0 aliphatic carbocycles. The molecule has 70 valence electrons. The third-order valence-electron chi connectivity index (χ3n) is 1.59. The third kappa shape index (κ3) is 1.65. The molecule has 5 nitrogen and oxygen atoms in total. The molecule has 2 aromatic heterocycles. The summed E-state index contributed by atoms with van der Waals surface area (Å²) in [5.74, 6) is 2.94. The number of nitrogens with one attached hydrogen (secondary N) is 1. The van der Waals surface area contributed by atoms with Gasteiger partial charge in [0.1, 0.15) is 6.61 Å². The average molecular weight is 188 g/mol. The smallest absolute Gasteiger partial charge is 0.157 e. The molecule has 0 aromatic carbocycles. The van der Waals surface area contributed by atoms with Crippen molar-refractivity contribution < 1.29 is 4.84 Å². The molecule has 0 radical (unpaired) electrons. The van der Waals surface area contributed by atoms with Crippen molar-refractivity contribution in [2.24, 2.45) is 0 Å². The van der Waals surface area contributed by atoms with Crippen LogP contribution in [-0.2, 0) is 4.84 Å². The number of hydrogen-bond donors (Lipinski definition) is 1. The van der Waals surface area contributed by atoms with E-state index in [-0.39, 0.29) is 6.61 Å². The second-order valence-electron chi connectivity index (χ2n) is 2.54. The molecule has 14 heavy (non-hydrogen) atoms. The summed E-state index contributed by atoms with van der Waals surface area (Å²) >= 11 is 0. The van der Waals surface area contributed by atoms with E-state index in [1.165, 1.54) is 0 Å². The predicted octanol–water partition coefficient (Wildman–Crippen LogP) is 0.706. The fraction of sp³-hybridized carbons (Fsp3) is 0.111. The summed E-state index contributed by atoms with van der Waals surface area (Å²) in [6, 6.07) is 3.54. The van der Waals surface area contributed by atoms with E-state index in [0.717, 1.165) is 5.65 Å². The van der Waals surface area contributed by atoms with Crippen LogP contribution in [0.25, 0.3) is 5.65 Å². The molecule has 0 saturated heterocycles. The first-order valence-electron chi connectivity index (χ1n) is 4.02. The van der Waals surface area contributed by atoms with Gasteiger partial charge in [-0.25, -0.2) is 15.0 Å². The van der Waals surface area contributed by atoms with Crippen LogP contribution >= 0.6 is 0 Å². The van der Waals surface area contributed by atoms with Gasteiger partial charge in [-0.15, -0.1) is 6.42 Å². The highest BCUT2D eigenvalue weighted by Crippen LogP contribution is 2.05. The van der Waals surface area contributed by atoms with Gasteiger partial charge in [-0.3, -0.25) is 4.84 Å². The van der Waals surface area contributed by atoms with Crippen molar-refractivity contribution in [3.8, 4) is 12.3 Å². The van der Waals surface area contributed by atoms with E-state index in [9.17, 15) is 0 Å². The van der Waals surface area contributed by atoms with E-state index >= 15 is 0 Å². The number of rotatable bonds is 3. The van der Waals surface area contributed by atoms with E-state index < -0.39 is 0 Å². The van der Waals surface area contributed by atoms with Gasteiger partial charge in [-0.1, -0.05) is 5.92 Å². The van der Waals surface area contributed by atoms with Crippen LogP contribution in [0.15, 0.2) is 24.5 Å². The van der Waals surface area contributed by atoms with Crippen LogP contribution in [0.4, 0.5) is 5.82 Å². The Kier molecular flexibility index (Phi) is 2.30. The zero-order valence-electron chi connectivity index (χ0n) is 7.34. The fourth-order valence-corrected chi connectivity index (χ4v) is 1.02. The van der Waals surface area contributed by atoms with Gasteiger partial charge in [-0.05, 0) is 0 Å². The maximum Gasteiger partial charge on any atom is 0.157 e. The summed E-state index contributed by atoms with van der Waals surface area (Å²) in [6.45, 7) is 0.201. The van der Waals surface area contributed by atoms with Crippen molar-refractivity contribution in [2.75, 3.05) is 12.1 Å². The predicted molar refractivity (Wildman–Crippen MR) is 51.4 cm³/mol. The molecule has 2 heterocycles. The first-order chi connectivity index (χ1) is 6.90. The first kappa shape index (κ1) is 8.53. The number of anilines is 1. The van der Waals surface area contributed by atoms with Crippen molar-refractivity contribution in [1.29, 1.82) is 0 Å². The van der Waals surface area contributed by atoms with Crippen molar-refractivity contribution in [1.82, 2.24) is 14.6 Å². The standard InChI is InChI=1S/C9H8N4O/c1-2-7-14-12-8-4-6-13-9(11-8)3-5-10-13/h1,3-6H,7H2,(H,11,12). The number of hydrogen-bond acceptors (Lipinski definition) is 4. The van der Waals surface area contributed by atoms with E-state index in [1.54, 1.807) is 29.0 Å². The van der Waals surface area contributed by atoms with E-state index in [2.05, 4.69) is 21.5 Å². The Balaban J connectivity index is 2.14. The van der Waals surface area contributed by atoms with Gasteiger partial charge >= 0.3 is 0 Å². The summed E-state index contributed by atoms with van der Waals surface area (Å²) in [5.41, 5.74) is 3.38. The first-order valence-corrected chi connectivity index (χ1v) is 4.02. The monoisotopic (exact) mass is 188 g/mol. The number of aromatic nitrogens is 3. The van der Waals surface area contributed by atoms with Crippen LogP contribution in [0.3, 0.4) is 0 Å². The molecule has 2 aromatic rings. The van der Waals surface area contributed by atoms with Crippen molar-refractivity contribution >= 4 is 11.5 Å². The van der Waals surface area contributed by atoms with E-state index in [0.29, 0.717) is 5.82 Å². The zero-order valence-corrected chi connectivity index (χ0v) is 7.34. The molecule has 0 bridgehead atoms. The Hall–Kier alpha value is -2.06. The fourth-order valence-electron chi connectivity index (χ4n) is 1.02. The molecule has 0 saturated carbocycles. The van der Waals surface area contributed by atoms with E-state index in [1.807, 2.05) is 0 Å². The Morgan fingerprint density at radius 2 is 2.50 bits per heavy atom. The lowest BCUT2D eigenvalue weighted by Gasteiger charge is -2.02. The summed E-state index contributed by atoms with van der Waals surface area (Å²) in [4.78, 5) is 9.12. The summed E-state index contributed by atoms with van der Waals surface area (Å²) < 4.78 is 1.66. The van der Waals surface area contributed by atoms with Crippen molar-refractivity contribution in [3.05, 3.63) is 24.5 Å². The molecule has 0 fully saturated rings. The summed E-state index contributed by atoms with van der Waals surface area (Å²) in [5, 5.41) is 4.01. The highest BCUT2D eigenvalue weighted by atomic mass is 16.6. The molecular weight excluding hydrogens is 180 g/mol. The minimum atomic E-state index is 0.201. The zero-order chi connectivity index (χ0) is 9.80. The molecule has 0 amide bonds. The van der Waals surface area contributed by atoms with Gasteiger partial charge in [0.2, 0.25) is 0 Å². The molecule has 0 unspecified atom stereocenters. The van der Waals surface area contributed by atoms with Crippen LogP contribution in [0, 0.1) is 12.3 Å². The molecular formula is C9H8N4O. The quantitative estimate of drug-likeness (QED) is 0.438. The molecule has 0 aliphatic rings. The maximum atomic E-state index is 5.02. The van der Waals surface area contributed by atoms with E-state index in [4.69, 9.17) is 11.3 Å². The van der Waals surface area contributed by atoms with Crippen molar-refractivity contribution in [3.63, 3.8) is 0 Å². The van der Waals surface area contributed by atoms with Gasteiger partial charge in [0.15, 0.2) is 11.5 Å².